The molecule has 2 saturated heterocycles. The molecule has 1 aliphatic carbocycles. The third-order valence-corrected chi connectivity index (χ3v) is 6.31. The molecule has 0 aromatic rings. The van der Waals surface area contributed by atoms with Crippen molar-refractivity contribution < 1.29 is 0 Å². The van der Waals surface area contributed by atoms with E-state index in [1.54, 1.807) is 0 Å². The summed E-state index contributed by atoms with van der Waals surface area (Å²) < 4.78 is 0. The van der Waals surface area contributed by atoms with Crippen molar-refractivity contribution in [2.75, 3.05) is 19.6 Å². The number of hydrogen-bond acceptors (Lipinski definition) is 2. The van der Waals surface area contributed by atoms with Crippen molar-refractivity contribution >= 4 is 0 Å². The molecule has 0 radical (unpaired) electrons. The number of nitrogens with zero attached hydrogens (tertiary/aromatic N) is 1. The van der Waals surface area contributed by atoms with Gasteiger partial charge in [-0.3, -0.25) is 4.90 Å². The van der Waals surface area contributed by atoms with Gasteiger partial charge in [-0.05, 0) is 62.3 Å². The average molecular weight is 278 g/mol. The normalized spacial score (nSPS) is 40.4. The molecule has 2 aliphatic heterocycles. The molecule has 0 aromatic carbocycles. The smallest absolute Gasteiger partial charge is 0.0235 e. The summed E-state index contributed by atoms with van der Waals surface area (Å²) in [5.74, 6) is 1.89. The molecule has 0 aromatic heterocycles. The summed E-state index contributed by atoms with van der Waals surface area (Å²) >= 11 is 0. The van der Waals surface area contributed by atoms with Crippen LogP contribution in [0.25, 0.3) is 0 Å². The highest BCUT2D eigenvalue weighted by molar-refractivity contribution is 4.95. The van der Waals surface area contributed by atoms with Crippen LogP contribution in [0.1, 0.15) is 65.7 Å². The van der Waals surface area contributed by atoms with E-state index in [0.29, 0.717) is 5.41 Å². The zero-order valence-electron chi connectivity index (χ0n) is 13.8. The van der Waals surface area contributed by atoms with Gasteiger partial charge in [-0.25, -0.2) is 0 Å². The maximum absolute atomic E-state index is 3.76. The average Bonchev–Trinajstić information content (AvgIpc) is 2.65. The van der Waals surface area contributed by atoms with Crippen LogP contribution in [0.3, 0.4) is 0 Å². The third kappa shape index (κ3) is 3.22. The van der Waals surface area contributed by atoms with Crippen molar-refractivity contribution in [2.45, 2.75) is 77.8 Å². The minimum atomic E-state index is 0.509. The maximum atomic E-state index is 3.76. The molecule has 2 heterocycles. The largest absolute Gasteiger partial charge is 0.312 e. The number of fused-ring (bicyclic) bond motifs is 1. The summed E-state index contributed by atoms with van der Waals surface area (Å²) in [5, 5.41) is 3.76. The Balaban J connectivity index is 1.56. The first-order chi connectivity index (χ1) is 9.54. The highest BCUT2D eigenvalue weighted by Gasteiger charge is 2.38. The Morgan fingerprint density at radius 1 is 0.900 bits per heavy atom. The molecule has 4 atom stereocenters. The topological polar surface area (TPSA) is 15.3 Å². The predicted molar refractivity (Wildman–Crippen MR) is 85.9 cm³/mol. The minimum Gasteiger partial charge on any atom is -0.312 e. The second-order valence-corrected chi connectivity index (χ2v) is 8.64. The van der Waals surface area contributed by atoms with Crippen molar-refractivity contribution in [3.8, 4) is 0 Å². The van der Waals surface area contributed by atoms with Gasteiger partial charge in [0.15, 0.2) is 0 Å². The van der Waals surface area contributed by atoms with E-state index in [1.807, 2.05) is 0 Å². The zero-order valence-corrected chi connectivity index (χ0v) is 13.8. The lowest BCUT2D eigenvalue weighted by atomic mass is 9.76. The molecule has 4 unspecified atom stereocenters. The molecule has 0 spiro atoms. The van der Waals surface area contributed by atoms with Gasteiger partial charge in [0, 0.05) is 25.2 Å². The summed E-state index contributed by atoms with van der Waals surface area (Å²) in [6, 6.07) is 1.69. The lowest BCUT2D eigenvalue weighted by molar-refractivity contribution is 0.190. The monoisotopic (exact) mass is 278 g/mol. The number of hydrogen-bond donors (Lipinski definition) is 1. The van der Waals surface area contributed by atoms with Crippen LogP contribution in [0, 0.1) is 17.3 Å². The van der Waals surface area contributed by atoms with Crippen molar-refractivity contribution in [2.24, 2.45) is 17.3 Å². The standard InChI is InChI=1S/C18H34N2/c1-18(2,3)15-7-4-8-16(10-9-15)20-12-14-6-5-11-19-17(14)13-20/h14-17,19H,4-13H2,1-3H3. The van der Waals surface area contributed by atoms with E-state index in [9.17, 15) is 0 Å². The lowest BCUT2D eigenvalue weighted by Gasteiger charge is -2.30. The number of nitrogens with one attached hydrogen (secondary N) is 1. The Kier molecular flexibility index (Phi) is 4.42. The molecule has 3 rings (SSSR count). The fraction of sp³-hybridized carbons (Fsp3) is 1.00. The van der Waals surface area contributed by atoms with Crippen LogP contribution in [0.4, 0.5) is 0 Å². The van der Waals surface area contributed by atoms with Crippen LogP contribution in [0.2, 0.25) is 0 Å². The Morgan fingerprint density at radius 2 is 1.75 bits per heavy atom. The molecular weight excluding hydrogens is 244 g/mol. The molecule has 0 bridgehead atoms. The first-order valence-electron chi connectivity index (χ1n) is 9.01. The fourth-order valence-corrected chi connectivity index (χ4v) is 4.89. The Morgan fingerprint density at radius 3 is 2.50 bits per heavy atom. The summed E-state index contributed by atoms with van der Waals surface area (Å²) in [4.78, 5) is 2.85. The molecule has 3 aliphatic rings. The SMILES string of the molecule is CC(C)(C)C1CCCC(N2CC3CCCNC3C2)CC1. The molecule has 1 saturated carbocycles. The molecular formula is C18H34N2. The number of likely N-dealkylation sites (tertiary alicyclic amines) is 1. The van der Waals surface area contributed by atoms with E-state index in [4.69, 9.17) is 0 Å². The second kappa shape index (κ2) is 5.96. The Bertz CT molecular complexity index is 306. The molecule has 20 heavy (non-hydrogen) atoms. The maximum Gasteiger partial charge on any atom is 0.0235 e. The van der Waals surface area contributed by atoms with Gasteiger partial charge in [-0.15, -0.1) is 0 Å². The fourth-order valence-electron chi connectivity index (χ4n) is 4.89. The van der Waals surface area contributed by atoms with Crippen LogP contribution >= 0.6 is 0 Å². The molecule has 0 amide bonds. The van der Waals surface area contributed by atoms with Crippen molar-refractivity contribution in [1.29, 1.82) is 0 Å². The van der Waals surface area contributed by atoms with Crippen molar-refractivity contribution in [3.05, 3.63) is 0 Å². The van der Waals surface area contributed by atoms with Gasteiger partial charge in [0.25, 0.3) is 0 Å². The summed E-state index contributed by atoms with van der Waals surface area (Å²) in [5.41, 5.74) is 0.509. The lowest BCUT2D eigenvalue weighted by Crippen LogP contribution is -2.41. The zero-order chi connectivity index (χ0) is 14.2. The van der Waals surface area contributed by atoms with Gasteiger partial charge >= 0.3 is 0 Å². The summed E-state index contributed by atoms with van der Waals surface area (Å²) in [7, 11) is 0. The van der Waals surface area contributed by atoms with Crippen LogP contribution in [0.15, 0.2) is 0 Å². The second-order valence-electron chi connectivity index (χ2n) is 8.64. The van der Waals surface area contributed by atoms with E-state index >= 15 is 0 Å². The number of rotatable bonds is 1. The molecule has 3 fully saturated rings. The first kappa shape index (κ1) is 14.8. The predicted octanol–water partition coefficient (Wildman–Crippen LogP) is 3.67. The van der Waals surface area contributed by atoms with Gasteiger partial charge in [-0.2, -0.15) is 0 Å². The van der Waals surface area contributed by atoms with Crippen molar-refractivity contribution in [1.82, 2.24) is 10.2 Å². The molecule has 1 N–H and O–H groups in total. The minimum absolute atomic E-state index is 0.509. The van der Waals surface area contributed by atoms with E-state index in [0.717, 1.165) is 23.9 Å². The van der Waals surface area contributed by atoms with E-state index in [1.165, 1.54) is 64.6 Å². The quantitative estimate of drug-likeness (QED) is 0.736. The highest BCUT2D eigenvalue weighted by Crippen LogP contribution is 2.39. The van der Waals surface area contributed by atoms with E-state index < -0.39 is 0 Å². The van der Waals surface area contributed by atoms with Gasteiger partial charge in [0.2, 0.25) is 0 Å². The molecule has 2 heteroatoms. The van der Waals surface area contributed by atoms with Gasteiger partial charge < -0.3 is 5.32 Å². The molecule has 2 nitrogen and oxygen atoms in total. The molecule has 116 valence electrons. The van der Waals surface area contributed by atoms with Gasteiger partial charge in [0.1, 0.15) is 0 Å². The van der Waals surface area contributed by atoms with Crippen LogP contribution in [0.5, 0.6) is 0 Å². The number of piperidine rings is 1. The van der Waals surface area contributed by atoms with Crippen LogP contribution in [-0.4, -0.2) is 36.6 Å². The Hall–Kier alpha value is -0.0800. The third-order valence-electron chi connectivity index (χ3n) is 6.31. The van der Waals surface area contributed by atoms with E-state index in [2.05, 4.69) is 31.0 Å². The highest BCUT2D eigenvalue weighted by atomic mass is 15.2. The summed E-state index contributed by atoms with van der Waals surface area (Å²) in [6.07, 6.45) is 10.1. The summed E-state index contributed by atoms with van der Waals surface area (Å²) in [6.45, 7) is 11.3. The first-order valence-corrected chi connectivity index (χ1v) is 9.01. The van der Waals surface area contributed by atoms with E-state index in [-0.39, 0.29) is 0 Å². The van der Waals surface area contributed by atoms with Crippen molar-refractivity contribution in [3.63, 3.8) is 0 Å². The van der Waals surface area contributed by atoms with Gasteiger partial charge in [-0.1, -0.05) is 27.2 Å². The van der Waals surface area contributed by atoms with Gasteiger partial charge in [0.05, 0.1) is 0 Å². The Labute approximate surface area is 125 Å². The van der Waals surface area contributed by atoms with Crippen LogP contribution in [-0.2, 0) is 0 Å². The van der Waals surface area contributed by atoms with Crippen LogP contribution < -0.4 is 5.32 Å².